The summed E-state index contributed by atoms with van der Waals surface area (Å²) in [5.74, 6) is 0.351. The third-order valence-corrected chi connectivity index (χ3v) is 3.79. The molecule has 2 nitrogen and oxygen atoms in total. The molecule has 1 aromatic carbocycles. The Morgan fingerprint density at radius 1 is 1.10 bits per heavy atom. The minimum atomic E-state index is 0.311. The number of hydrogen-bond donors (Lipinski definition) is 1. The van der Waals surface area contributed by atoms with E-state index in [-0.39, 0.29) is 0 Å². The van der Waals surface area contributed by atoms with Crippen LogP contribution in [0.25, 0.3) is 0 Å². The highest BCUT2D eigenvalue weighted by atomic mass is 14.9. The largest absolute Gasteiger partial charge is 0.309 e. The van der Waals surface area contributed by atoms with Crippen molar-refractivity contribution in [2.75, 3.05) is 6.54 Å². The van der Waals surface area contributed by atoms with Crippen molar-refractivity contribution in [3.8, 4) is 0 Å². The Labute approximate surface area is 122 Å². The number of nitrogens with one attached hydrogen (secondary N) is 1. The molecule has 0 saturated carbocycles. The smallest absolute Gasteiger partial charge is 0.0450 e. The Hall–Kier alpha value is -1.67. The molecule has 1 N–H and O–H groups in total. The van der Waals surface area contributed by atoms with Crippen LogP contribution in [0.2, 0.25) is 0 Å². The van der Waals surface area contributed by atoms with Gasteiger partial charge in [-0.1, -0.05) is 44.2 Å². The van der Waals surface area contributed by atoms with Gasteiger partial charge in [0.2, 0.25) is 0 Å². The zero-order chi connectivity index (χ0) is 14.4. The summed E-state index contributed by atoms with van der Waals surface area (Å²) in [4.78, 5) is 4.52. The van der Waals surface area contributed by atoms with Crippen LogP contribution >= 0.6 is 0 Å². The van der Waals surface area contributed by atoms with E-state index in [0.29, 0.717) is 12.0 Å². The Morgan fingerprint density at radius 3 is 2.50 bits per heavy atom. The van der Waals surface area contributed by atoms with E-state index in [0.717, 1.165) is 18.7 Å². The lowest BCUT2D eigenvalue weighted by Crippen LogP contribution is -2.27. The van der Waals surface area contributed by atoms with E-state index in [1.54, 1.807) is 0 Å². The first kappa shape index (κ1) is 14.7. The second kappa shape index (κ2) is 7.20. The van der Waals surface area contributed by atoms with Crippen LogP contribution in [0.3, 0.4) is 0 Å². The predicted molar refractivity (Wildman–Crippen MR) is 84.9 cm³/mol. The van der Waals surface area contributed by atoms with Gasteiger partial charge in [-0.3, -0.25) is 4.98 Å². The van der Waals surface area contributed by atoms with E-state index >= 15 is 0 Å². The van der Waals surface area contributed by atoms with E-state index < -0.39 is 0 Å². The number of benzene rings is 1. The summed E-state index contributed by atoms with van der Waals surface area (Å²) >= 11 is 0. The van der Waals surface area contributed by atoms with Gasteiger partial charge in [0, 0.05) is 23.9 Å². The number of hydrogen-bond acceptors (Lipinski definition) is 2. The maximum absolute atomic E-state index is 4.52. The number of nitrogens with zero attached hydrogens (tertiary/aromatic N) is 1. The molecule has 0 bridgehead atoms. The van der Waals surface area contributed by atoms with Crippen LogP contribution in [0.4, 0.5) is 0 Å². The summed E-state index contributed by atoms with van der Waals surface area (Å²) in [5, 5.41) is 3.68. The number of aryl methyl sites for hydroxylation is 1. The van der Waals surface area contributed by atoms with Crippen LogP contribution in [-0.2, 0) is 0 Å². The van der Waals surface area contributed by atoms with Crippen molar-refractivity contribution in [1.82, 2.24) is 10.3 Å². The molecular formula is C18H24N2. The summed E-state index contributed by atoms with van der Waals surface area (Å²) < 4.78 is 0. The van der Waals surface area contributed by atoms with Gasteiger partial charge in [0.15, 0.2) is 0 Å². The van der Waals surface area contributed by atoms with Crippen molar-refractivity contribution >= 4 is 0 Å². The third-order valence-electron chi connectivity index (χ3n) is 3.79. The van der Waals surface area contributed by atoms with Crippen molar-refractivity contribution in [2.45, 2.75) is 39.2 Å². The molecule has 2 rings (SSSR count). The Bertz CT molecular complexity index is 522. The molecule has 0 saturated heterocycles. The van der Waals surface area contributed by atoms with Gasteiger partial charge in [-0.05, 0) is 43.1 Å². The second-order valence-corrected chi connectivity index (χ2v) is 5.33. The number of aromatic nitrogens is 1. The first-order valence-corrected chi connectivity index (χ1v) is 7.44. The van der Waals surface area contributed by atoms with E-state index in [9.17, 15) is 0 Å². The molecule has 2 aromatic rings. The van der Waals surface area contributed by atoms with Crippen LogP contribution in [0.5, 0.6) is 0 Å². The zero-order valence-electron chi connectivity index (χ0n) is 12.6. The number of rotatable bonds is 6. The Kier molecular flexibility index (Phi) is 5.31. The summed E-state index contributed by atoms with van der Waals surface area (Å²) in [5.41, 5.74) is 3.85. The van der Waals surface area contributed by atoms with Crippen LogP contribution in [0, 0.1) is 6.92 Å². The topological polar surface area (TPSA) is 24.9 Å². The molecular weight excluding hydrogens is 244 g/mol. The molecule has 106 valence electrons. The summed E-state index contributed by atoms with van der Waals surface area (Å²) in [6.45, 7) is 7.66. The van der Waals surface area contributed by atoms with Gasteiger partial charge in [0.25, 0.3) is 0 Å². The predicted octanol–water partition coefficient (Wildman–Crippen LogP) is 4.23. The van der Waals surface area contributed by atoms with Gasteiger partial charge < -0.3 is 5.32 Å². The van der Waals surface area contributed by atoms with Gasteiger partial charge in [0.1, 0.15) is 0 Å². The van der Waals surface area contributed by atoms with Gasteiger partial charge in [-0.2, -0.15) is 0 Å². The fraction of sp³-hybridized carbons (Fsp3) is 0.389. The minimum Gasteiger partial charge on any atom is -0.309 e. The standard InChI is InChI=1S/C18H24N2/c1-4-12-20-18(16-10-6-5-9-14(16)2)15(3)17-11-7-8-13-19-17/h5-11,13,15,18,20H,4,12H2,1-3H3. The summed E-state index contributed by atoms with van der Waals surface area (Å²) in [6, 6.07) is 15.1. The monoisotopic (exact) mass is 268 g/mol. The van der Waals surface area contributed by atoms with Gasteiger partial charge in [-0.25, -0.2) is 0 Å². The van der Waals surface area contributed by atoms with Crippen molar-refractivity contribution in [3.63, 3.8) is 0 Å². The molecule has 2 heteroatoms. The van der Waals surface area contributed by atoms with Crippen molar-refractivity contribution in [2.24, 2.45) is 0 Å². The van der Waals surface area contributed by atoms with E-state index in [2.05, 4.69) is 67.5 Å². The van der Waals surface area contributed by atoms with Crippen LogP contribution in [-0.4, -0.2) is 11.5 Å². The van der Waals surface area contributed by atoms with Crippen molar-refractivity contribution in [1.29, 1.82) is 0 Å². The molecule has 0 amide bonds. The van der Waals surface area contributed by atoms with Crippen LogP contribution in [0.1, 0.15) is 49.0 Å². The van der Waals surface area contributed by atoms with E-state index in [1.165, 1.54) is 11.1 Å². The molecule has 20 heavy (non-hydrogen) atoms. The average molecular weight is 268 g/mol. The molecule has 1 aromatic heterocycles. The lowest BCUT2D eigenvalue weighted by Gasteiger charge is -2.26. The normalized spacial score (nSPS) is 13.9. The fourth-order valence-corrected chi connectivity index (χ4v) is 2.61. The van der Waals surface area contributed by atoms with Crippen molar-refractivity contribution < 1.29 is 0 Å². The molecule has 0 aliphatic carbocycles. The minimum absolute atomic E-state index is 0.311. The maximum Gasteiger partial charge on any atom is 0.0450 e. The highest BCUT2D eigenvalue weighted by molar-refractivity contribution is 5.31. The quantitative estimate of drug-likeness (QED) is 0.848. The van der Waals surface area contributed by atoms with E-state index in [1.807, 2.05) is 12.3 Å². The first-order chi connectivity index (χ1) is 9.74. The zero-order valence-corrected chi connectivity index (χ0v) is 12.6. The Morgan fingerprint density at radius 2 is 1.85 bits per heavy atom. The van der Waals surface area contributed by atoms with Crippen LogP contribution in [0.15, 0.2) is 48.7 Å². The molecule has 2 unspecified atom stereocenters. The molecule has 0 fully saturated rings. The van der Waals surface area contributed by atoms with Gasteiger partial charge >= 0.3 is 0 Å². The molecule has 0 radical (unpaired) electrons. The van der Waals surface area contributed by atoms with Gasteiger partial charge in [-0.15, -0.1) is 0 Å². The first-order valence-electron chi connectivity index (χ1n) is 7.44. The SMILES string of the molecule is CCCNC(c1ccccc1C)C(C)c1ccccn1. The summed E-state index contributed by atoms with van der Waals surface area (Å²) in [6.07, 6.45) is 3.01. The lowest BCUT2D eigenvalue weighted by molar-refractivity contribution is 0.458. The van der Waals surface area contributed by atoms with E-state index in [4.69, 9.17) is 0 Å². The Balaban J connectivity index is 2.30. The molecule has 2 atom stereocenters. The summed E-state index contributed by atoms with van der Waals surface area (Å²) in [7, 11) is 0. The fourth-order valence-electron chi connectivity index (χ4n) is 2.61. The lowest BCUT2D eigenvalue weighted by atomic mass is 9.89. The molecule has 0 aliphatic rings. The van der Waals surface area contributed by atoms with Crippen LogP contribution < -0.4 is 5.32 Å². The second-order valence-electron chi connectivity index (χ2n) is 5.33. The molecule has 0 aliphatic heterocycles. The molecule has 0 spiro atoms. The van der Waals surface area contributed by atoms with Gasteiger partial charge in [0.05, 0.1) is 0 Å². The average Bonchev–Trinajstić information content (AvgIpc) is 2.50. The number of pyridine rings is 1. The third kappa shape index (κ3) is 3.45. The highest BCUT2D eigenvalue weighted by Crippen LogP contribution is 2.31. The van der Waals surface area contributed by atoms with Crippen molar-refractivity contribution in [3.05, 3.63) is 65.5 Å². The highest BCUT2D eigenvalue weighted by Gasteiger charge is 2.22. The molecule has 1 heterocycles. The maximum atomic E-state index is 4.52.